The van der Waals surface area contributed by atoms with Crippen LogP contribution in [0.5, 0.6) is 5.75 Å². The Balaban J connectivity index is 2.06. The first kappa shape index (κ1) is 27.1. The Hall–Kier alpha value is -1.48. The van der Waals surface area contributed by atoms with Gasteiger partial charge in [-0.2, -0.15) is 0 Å². The monoisotopic (exact) mass is 479 g/mol. The lowest BCUT2D eigenvalue weighted by atomic mass is 9.78. The lowest BCUT2D eigenvalue weighted by Gasteiger charge is -2.50. The fraction of sp³-hybridized carbons (Fsp3) is 0.846. The van der Waals surface area contributed by atoms with Crippen molar-refractivity contribution in [2.45, 2.75) is 115 Å². The maximum atomic E-state index is 13.6. The quantitative estimate of drug-likeness (QED) is 0.368. The number of aliphatic hydroxyl groups excluding tert-OH is 2. The van der Waals surface area contributed by atoms with Gasteiger partial charge in [0.25, 0.3) is 10.8 Å². The van der Waals surface area contributed by atoms with Crippen molar-refractivity contribution in [3.63, 3.8) is 0 Å². The summed E-state index contributed by atoms with van der Waals surface area (Å²) in [5.74, 6) is -0.00445. The van der Waals surface area contributed by atoms with Crippen LogP contribution in [0.15, 0.2) is 4.79 Å². The van der Waals surface area contributed by atoms with Crippen LogP contribution in [0, 0.1) is 0 Å². The van der Waals surface area contributed by atoms with E-state index in [9.17, 15) is 20.1 Å². The smallest absolute Gasteiger partial charge is 0.294 e. The number of nitrogens with zero attached hydrogens (tertiary/aromatic N) is 2. The number of nitrogens with one attached hydrogen (secondary N) is 2. The first-order chi connectivity index (χ1) is 15.5. The highest BCUT2D eigenvalue weighted by Crippen LogP contribution is 2.35. The summed E-state index contributed by atoms with van der Waals surface area (Å²) < 4.78 is 1.92. The Bertz CT molecular complexity index is 940. The summed E-state index contributed by atoms with van der Waals surface area (Å²) in [5, 5.41) is 38.5. The molecule has 34 heavy (non-hydrogen) atoms. The molecule has 0 aromatic heterocycles. The van der Waals surface area contributed by atoms with Crippen LogP contribution < -0.4 is 30.9 Å². The van der Waals surface area contributed by atoms with Crippen LogP contribution >= 0.6 is 0 Å². The van der Waals surface area contributed by atoms with Gasteiger partial charge >= 0.3 is 0 Å². The second-order valence-electron chi connectivity index (χ2n) is 13.1. The largest absolute Gasteiger partial charge is 0.501 e. The second-order valence-corrected chi connectivity index (χ2v) is 13.1. The number of hydrogen-bond acceptors (Lipinski definition) is 7. The third-order valence-electron chi connectivity index (χ3n) is 7.35. The van der Waals surface area contributed by atoms with Crippen LogP contribution in [0.4, 0.5) is 5.69 Å². The second kappa shape index (κ2) is 9.19. The molecule has 0 unspecified atom stereocenters. The first-order valence-corrected chi connectivity index (χ1v) is 12.7. The zero-order valence-corrected chi connectivity index (χ0v) is 22.5. The van der Waals surface area contributed by atoms with Crippen molar-refractivity contribution in [3.8, 4) is 5.75 Å². The van der Waals surface area contributed by atoms with E-state index in [1.165, 1.54) is 0 Å². The molecule has 8 heteroatoms. The van der Waals surface area contributed by atoms with Crippen LogP contribution in [0.3, 0.4) is 0 Å². The summed E-state index contributed by atoms with van der Waals surface area (Å²) in [6.07, 6.45) is 3.19. The molecule has 2 saturated heterocycles. The Morgan fingerprint density at radius 2 is 1.32 bits per heavy atom. The molecule has 2 aliphatic rings. The molecule has 0 saturated carbocycles. The normalized spacial score (nSPS) is 25.4. The topological polar surface area (TPSA) is 108 Å². The Morgan fingerprint density at radius 3 is 1.74 bits per heavy atom. The zero-order chi connectivity index (χ0) is 25.7. The van der Waals surface area contributed by atoms with Crippen molar-refractivity contribution in [1.29, 1.82) is 0 Å². The highest BCUT2D eigenvalue weighted by atomic mass is 16.3. The van der Waals surface area contributed by atoms with Crippen molar-refractivity contribution in [1.82, 2.24) is 15.2 Å². The molecule has 2 heterocycles. The molecule has 0 radical (unpaired) electrons. The molecule has 0 bridgehead atoms. The van der Waals surface area contributed by atoms with Crippen molar-refractivity contribution >= 4 is 5.69 Å². The van der Waals surface area contributed by atoms with E-state index < -0.39 is 0 Å². The summed E-state index contributed by atoms with van der Waals surface area (Å²) >= 11 is 0. The van der Waals surface area contributed by atoms with Crippen LogP contribution in [-0.2, 0) is 0 Å². The van der Waals surface area contributed by atoms with Gasteiger partial charge < -0.3 is 30.9 Å². The molecular weight excluding hydrogens is 432 g/mol. The molecule has 8 nitrogen and oxygen atoms in total. The van der Waals surface area contributed by atoms with E-state index in [2.05, 4.69) is 66.0 Å². The molecule has 2 aliphatic heterocycles. The van der Waals surface area contributed by atoms with Crippen LogP contribution in [0.1, 0.15) is 81.1 Å². The predicted molar refractivity (Wildman–Crippen MR) is 137 cm³/mol. The Kier molecular flexibility index (Phi) is 7.33. The third-order valence-corrected chi connectivity index (χ3v) is 7.35. The minimum Gasteiger partial charge on any atom is -0.501 e. The Morgan fingerprint density at radius 1 is 0.853 bits per heavy atom. The van der Waals surface area contributed by atoms with E-state index in [1.807, 2.05) is 9.48 Å². The van der Waals surface area contributed by atoms with Crippen molar-refractivity contribution in [2.75, 3.05) is 31.2 Å². The van der Waals surface area contributed by atoms with Crippen LogP contribution in [-0.4, -0.2) is 75.9 Å². The van der Waals surface area contributed by atoms with Crippen LogP contribution in [0.25, 0.3) is 0 Å². The van der Waals surface area contributed by atoms with E-state index >= 15 is 0 Å². The molecule has 3 rings (SSSR count). The highest BCUT2D eigenvalue weighted by molar-refractivity contribution is 5.63. The van der Waals surface area contributed by atoms with E-state index in [-0.39, 0.29) is 58.6 Å². The molecular formula is C26H47N4O4+. The number of aromatic hydroxyl groups is 1. The van der Waals surface area contributed by atoms with Gasteiger partial charge in [-0.05, 0) is 68.2 Å². The van der Waals surface area contributed by atoms with E-state index in [0.29, 0.717) is 24.1 Å². The first-order valence-electron chi connectivity index (χ1n) is 12.7. The van der Waals surface area contributed by atoms with Crippen molar-refractivity contribution < 1.29 is 15.3 Å². The number of piperidine rings is 2. The third kappa shape index (κ3) is 5.66. The van der Waals surface area contributed by atoms with Gasteiger partial charge in [-0.3, -0.25) is 4.79 Å². The number of anilines is 1. The molecule has 5 N–H and O–H groups in total. The molecule has 1 aromatic rings. The van der Waals surface area contributed by atoms with Gasteiger partial charge in [-0.25, -0.2) is 4.58 Å². The predicted octanol–water partition coefficient (Wildman–Crippen LogP) is 0.810. The number of rotatable bonds is 7. The van der Waals surface area contributed by atoms with Crippen LogP contribution in [0.2, 0.25) is 0 Å². The number of aliphatic hydroxyl groups is 2. The molecule has 0 amide bonds. The average molecular weight is 480 g/mol. The van der Waals surface area contributed by atoms with E-state index in [0.717, 1.165) is 25.7 Å². The molecule has 1 aromatic carbocycles. The van der Waals surface area contributed by atoms with Gasteiger partial charge in [0.15, 0.2) is 12.6 Å². The van der Waals surface area contributed by atoms with Gasteiger partial charge in [0, 0.05) is 47.6 Å². The average Bonchev–Trinajstić information content (AvgIpc) is 2.62. The lowest BCUT2D eigenvalue weighted by molar-refractivity contribution is 0.126. The molecule has 0 aliphatic carbocycles. The van der Waals surface area contributed by atoms with Gasteiger partial charge in [-0.15, -0.1) is 0 Å². The summed E-state index contributed by atoms with van der Waals surface area (Å²) in [6, 6.07) is 0.0354. The number of hydrogen-bond donors (Lipinski definition) is 5. The van der Waals surface area contributed by atoms with E-state index in [1.54, 1.807) is 0 Å². The molecule has 2 fully saturated rings. The van der Waals surface area contributed by atoms with Gasteiger partial charge in [0.2, 0.25) is 5.75 Å². The Labute approximate surface area is 204 Å². The lowest BCUT2D eigenvalue weighted by Crippen LogP contribution is -2.65. The van der Waals surface area contributed by atoms with E-state index in [4.69, 9.17) is 0 Å². The SMILES string of the molecule is CC1(C)CC(N(CCO)c2c(O)c(=[N+](CCO)C3CC(C)(C)NC(C)(C)C3)c2=O)CC(C)(C)N1. The van der Waals surface area contributed by atoms with Crippen molar-refractivity contribution in [3.05, 3.63) is 15.6 Å². The summed E-state index contributed by atoms with van der Waals surface area (Å²) in [4.78, 5) is 15.5. The van der Waals surface area contributed by atoms with Gasteiger partial charge in [0.1, 0.15) is 12.3 Å². The zero-order valence-electron chi connectivity index (χ0n) is 22.5. The summed E-state index contributed by atoms with van der Waals surface area (Å²) in [7, 11) is 0. The summed E-state index contributed by atoms with van der Waals surface area (Å²) in [5.41, 5.74) is -0.425. The molecule has 0 atom stereocenters. The standard InChI is InChI=1S/C26H46N4O4/c1-23(2)13-17(14-24(3,4)27-23)29(9-11-31)19-21(33)20(22(19)34)30(10-12-32)18-15-25(5,6)28-26(7,8)16-18/h17-18,27-28,31-32H,9-16H2,1-8H3/p+1. The maximum absolute atomic E-state index is 13.6. The fourth-order valence-corrected chi connectivity index (χ4v) is 7.06. The fourth-order valence-electron chi connectivity index (χ4n) is 7.06. The maximum Gasteiger partial charge on any atom is 0.294 e. The minimum absolute atomic E-state index is 0.00445. The highest BCUT2D eigenvalue weighted by Gasteiger charge is 2.46. The van der Waals surface area contributed by atoms with Gasteiger partial charge in [-0.1, -0.05) is 0 Å². The van der Waals surface area contributed by atoms with Crippen molar-refractivity contribution in [2.24, 2.45) is 0 Å². The molecule has 194 valence electrons. The minimum atomic E-state index is -0.192. The van der Waals surface area contributed by atoms with Gasteiger partial charge in [0.05, 0.1) is 6.61 Å². The molecule has 0 spiro atoms. The summed E-state index contributed by atoms with van der Waals surface area (Å²) in [6.45, 7) is 17.6.